The summed E-state index contributed by atoms with van der Waals surface area (Å²) in [4.78, 5) is 23.1. The molecule has 0 bridgehead atoms. The summed E-state index contributed by atoms with van der Waals surface area (Å²) in [6, 6.07) is 2.11. The third-order valence-electron chi connectivity index (χ3n) is 2.74. The predicted octanol–water partition coefficient (Wildman–Crippen LogP) is 2.18. The molecule has 15 heavy (non-hydrogen) atoms. The molecule has 1 saturated carbocycles. The van der Waals surface area contributed by atoms with Gasteiger partial charge in [-0.2, -0.15) is 0 Å². The summed E-state index contributed by atoms with van der Waals surface area (Å²) in [6.07, 6.45) is 2.03. The molecule has 0 aromatic carbocycles. The van der Waals surface area contributed by atoms with Gasteiger partial charge in [0, 0.05) is 11.7 Å². The van der Waals surface area contributed by atoms with E-state index in [4.69, 9.17) is 11.6 Å². The van der Waals surface area contributed by atoms with E-state index in [1.165, 1.54) is 0 Å². The average molecular weight is 226 g/mol. The molecule has 0 spiro atoms. The van der Waals surface area contributed by atoms with Crippen molar-refractivity contribution >= 4 is 16.8 Å². The zero-order valence-corrected chi connectivity index (χ0v) is 9.47. The predicted molar refractivity (Wildman–Crippen MR) is 58.6 cm³/mol. The number of aryl methyl sites for hydroxylation is 2. The van der Waals surface area contributed by atoms with Crippen LogP contribution in [0.15, 0.2) is 10.9 Å². The highest BCUT2D eigenvalue weighted by molar-refractivity contribution is 6.67. The number of halogens is 1. The maximum Gasteiger partial charge on any atom is 0.263 e. The number of pyridine rings is 1. The third kappa shape index (κ3) is 1.72. The molecule has 1 aliphatic carbocycles. The van der Waals surface area contributed by atoms with Crippen LogP contribution in [0, 0.1) is 13.8 Å². The van der Waals surface area contributed by atoms with Crippen LogP contribution < -0.4 is 5.56 Å². The topological polar surface area (TPSA) is 39.1 Å². The Kier molecular flexibility index (Phi) is 2.43. The zero-order chi connectivity index (χ0) is 11.2. The maximum absolute atomic E-state index is 12.0. The van der Waals surface area contributed by atoms with Crippen molar-refractivity contribution in [3.05, 3.63) is 33.2 Å². The highest BCUT2D eigenvalue weighted by Crippen LogP contribution is 2.34. The van der Waals surface area contributed by atoms with Gasteiger partial charge in [0.1, 0.15) is 5.56 Å². The van der Waals surface area contributed by atoms with Crippen molar-refractivity contribution in [3.8, 4) is 0 Å². The summed E-state index contributed by atoms with van der Waals surface area (Å²) in [5, 5.41) is -0.660. The van der Waals surface area contributed by atoms with Crippen molar-refractivity contribution in [1.29, 1.82) is 0 Å². The van der Waals surface area contributed by atoms with Crippen molar-refractivity contribution in [2.24, 2.45) is 0 Å². The van der Waals surface area contributed by atoms with Crippen molar-refractivity contribution in [1.82, 2.24) is 4.57 Å². The lowest BCUT2D eigenvalue weighted by molar-refractivity contribution is 0.107. The zero-order valence-electron chi connectivity index (χ0n) is 8.71. The second kappa shape index (κ2) is 3.49. The Labute approximate surface area is 92.7 Å². The van der Waals surface area contributed by atoms with Gasteiger partial charge in [0.15, 0.2) is 0 Å². The summed E-state index contributed by atoms with van der Waals surface area (Å²) in [5.41, 5.74) is 1.44. The third-order valence-corrected chi connectivity index (χ3v) is 2.93. The minimum atomic E-state index is -0.660. The Morgan fingerprint density at radius 1 is 1.47 bits per heavy atom. The molecule has 0 radical (unpaired) electrons. The van der Waals surface area contributed by atoms with Crippen molar-refractivity contribution < 1.29 is 4.79 Å². The van der Waals surface area contributed by atoms with E-state index in [0.29, 0.717) is 5.56 Å². The van der Waals surface area contributed by atoms with Crippen molar-refractivity contribution in [2.45, 2.75) is 32.7 Å². The Bertz CT molecular complexity index is 486. The number of rotatable bonds is 2. The molecule has 0 aliphatic heterocycles. The molecule has 1 aromatic heterocycles. The average Bonchev–Trinajstić information content (AvgIpc) is 2.85. The number of nitrogens with zero attached hydrogens (tertiary/aromatic N) is 1. The summed E-state index contributed by atoms with van der Waals surface area (Å²) in [7, 11) is 0. The molecule has 4 heteroatoms. The lowest BCUT2D eigenvalue weighted by Gasteiger charge is -2.11. The SMILES string of the molecule is Cc1cc(C)n(C2CC2)c(=O)c1C(=O)Cl. The number of aromatic nitrogens is 1. The highest BCUT2D eigenvalue weighted by atomic mass is 35.5. The van der Waals surface area contributed by atoms with Gasteiger partial charge < -0.3 is 4.57 Å². The van der Waals surface area contributed by atoms with Gasteiger partial charge in [-0.25, -0.2) is 0 Å². The quantitative estimate of drug-likeness (QED) is 0.724. The number of carbonyl (C=O) groups excluding carboxylic acids is 1. The van der Waals surface area contributed by atoms with Crippen LogP contribution in [0.3, 0.4) is 0 Å². The van der Waals surface area contributed by atoms with E-state index in [-0.39, 0.29) is 17.2 Å². The van der Waals surface area contributed by atoms with E-state index in [9.17, 15) is 9.59 Å². The molecule has 0 unspecified atom stereocenters. The lowest BCUT2D eigenvalue weighted by atomic mass is 10.1. The minimum Gasteiger partial charge on any atom is -0.309 e. The highest BCUT2D eigenvalue weighted by Gasteiger charge is 2.28. The molecule has 1 aromatic rings. The summed E-state index contributed by atoms with van der Waals surface area (Å²) >= 11 is 5.41. The van der Waals surface area contributed by atoms with Crippen LogP contribution in [0.1, 0.15) is 40.5 Å². The minimum absolute atomic E-state index is 0.120. The van der Waals surface area contributed by atoms with E-state index >= 15 is 0 Å². The molecule has 1 fully saturated rings. The first-order valence-corrected chi connectivity index (χ1v) is 5.32. The summed E-state index contributed by atoms with van der Waals surface area (Å²) in [5.74, 6) is 0. The van der Waals surface area contributed by atoms with Crippen LogP contribution in [0.4, 0.5) is 0 Å². The number of hydrogen-bond donors (Lipinski definition) is 0. The van der Waals surface area contributed by atoms with Gasteiger partial charge in [-0.15, -0.1) is 0 Å². The summed E-state index contributed by atoms with van der Waals surface area (Å²) in [6.45, 7) is 3.62. The molecule has 0 atom stereocenters. The maximum atomic E-state index is 12.0. The first kappa shape index (κ1) is 10.4. The van der Waals surface area contributed by atoms with E-state index in [0.717, 1.165) is 18.5 Å². The van der Waals surface area contributed by atoms with Crippen LogP contribution >= 0.6 is 11.6 Å². The lowest BCUT2D eigenvalue weighted by Crippen LogP contribution is -2.27. The molecule has 1 heterocycles. The van der Waals surface area contributed by atoms with Crippen LogP contribution in [0.5, 0.6) is 0 Å². The first-order chi connectivity index (χ1) is 7.02. The molecule has 2 rings (SSSR count). The monoisotopic (exact) mass is 225 g/mol. The van der Waals surface area contributed by atoms with E-state index in [1.807, 2.05) is 13.0 Å². The Balaban J connectivity index is 2.71. The number of hydrogen-bond acceptors (Lipinski definition) is 2. The first-order valence-electron chi connectivity index (χ1n) is 4.95. The van der Waals surface area contributed by atoms with Gasteiger partial charge in [-0.3, -0.25) is 9.59 Å². The fraction of sp³-hybridized carbons (Fsp3) is 0.455. The Hall–Kier alpha value is -1.09. The van der Waals surface area contributed by atoms with Gasteiger partial charge in [-0.1, -0.05) is 0 Å². The van der Waals surface area contributed by atoms with E-state index in [1.54, 1.807) is 11.5 Å². The van der Waals surface area contributed by atoms with Crippen LogP contribution in [-0.4, -0.2) is 9.81 Å². The molecule has 0 N–H and O–H groups in total. The Morgan fingerprint density at radius 3 is 2.53 bits per heavy atom. The second-order valence-electron chi connectivity index (χ2n) is 4.02. The van der Waals surface area contributed by atoms with Gasteiger partial charge in [-0.05, 0) is 49.9 Å². The second-order valence-corrected chi connectivity index (χ2v) is 4.37. The standard InChI is InChI=1S/C11H12ClNO2/c1-6-5-7(2)13(8-3-4-8)11(15)9(6)10(12)14/h5,8H,3-4H2,1-2H3. The molecular weight excluding hydrogens is 214 g/mol. The Morgan fingerprint density at radius 2 is 2.07 bits per heavy atom. The van der Waals surface area contributed by atoms with Crippen molar-refractivity contribution in [2.75, 3.05) is 0 Å². The molecule has 1 aliphatic rings. The van der Waals surface area contributed by atoms with Crippen molar-refractivity contribution in [3.63, 3.8) is 0 Å². The largest absolute Gasteiger partial charge is 0.309 e. The van der Waals surface area contributed by atoms with Gasteiger partial charge in [0.05, 0.1) is 0 Å². The van der Waals surface area contributed by atoms with E-state index in [2.05, 4.69) is 0 Å². The molecular formula is C11H12ClNO2. The normalized spacial score (nSPS) is 15.4. The smallest absolute Gasteiger partial charge is 0.263 e. The molecule has 3 nitrogen and oxygen atoms in total. The van der Waals surface area contributed by atoms with Crippen LogP contribution in [0.2, 0.25) is 0 Å². The molecule has 80 valence electrons. The summed E-state index contributed by atoms with van der Waals surface area (Å²) < 4.78 is 1.68. The fourth-order valence-electron chi connectivity index (χ4n) is 1.93. The molecule has 0 saturated heterocycles. The van der Waals surface area contributed by atoms with E-state index < -0.39 is 5.24 Å². The fourth-order valence-corrected chi connectivity index (χ4v) is 2.16. The molecule has 0 amide bonds. The van der Waals surface area contributed by atoms with Gasteiger partial charge in [0.25, 0.3) is 10.8 Å². The van der Waals surface area contributed by atoms with Gasteiger partial charge in [0.2, 0.25) is 0 Å². The van der Waals surface area contributed by atoms with Crippen LogP contribution in [0.25, 0.3) is 0 Å². The number of carbonyl (C=O) groups is 1. The van der Waals surface area contributed by atoms with Crippen LogP contribution in [-0.2, 0) is 0 Å². The van der Waals surface area contributed by atoms with Gasteiger partial charge >= 0.3 is 0 Å².